The zero-order valence-electron chi connectivity index (χ0n) is 17.5. The summed E-state index contributed by atoms with van der Waals surface area (Å²) < 4.78 is 19.3. The number of benzene rings is 2. The monoisotopic (exact) mass is 500 g/mol. The van der Waals surface area contributed by atoms with Crippen molar-refractivity contribution >= 4 is 44.4 Å². The normalized spacial score (nSPS) is 12.1. The number of ether oxygens (including phenoxy) is 3. The fourth-order valence-corrected chi connectivity index (χ4v) is 4.50. The maximum absolute atomic E-state index is 5.51. The zero-order chi connectivity index (χ0) is 22.0. The standard InChI is InChI=1S/C22H21BrN4O3S/c1-24-22-27(26-11-14-10-25-17-6-5-15(23)9-16(14)17)18(12-31-22)13-7-19(28-2)21(30-4)20(8-13)29-3/h5-12,25H,1-4H3. The number of halogens is 1. The van der Waals surface area contributed by atoms with Crippen molar-refractivity contribution < 1.29 is 14.2 Å². The van der Waals surface area contributed by atoms with E-state index in [0.717, 1.165) is 37.0 Å². The summed E-state index contributed by atoms with van der Waals surface area (Å²) in [5, 5.41) is 7.84. The van der Waals surface area contributed by atoms with Gasteiger partial charge in [-0.2, -0.15) is 5.10 Å². The molecule has 1 N–H and O–H groups in total. The van der Waals surface area contributed by atoms with E-state index in [9.17, 15) is 0 Å². The molecule has 9 heteroatoms. The first-order chi connectivity index (χ1) is 15.1. The molecule has 0 amide bonds. The molecule has 0 saturated carbocycles. The summed E-state index contributed by atoms with van der Waals surface area (Å²) in [5.74, 6) is 1.70. The fraction of sp³-hybridized carbons (Fsp3) is 0.182. The summed E-state index contributed by atoms with van der Waals surface area (Å²) in [4.78, 5) is 8.42. The lowest BCUT2D eigenvalue weighted by Crippen LogP contribution is -2.11. The van der Waals surface area contributed by atoms with Gasteiger partial charge in [0.15, 0.2) is 11.5 Å². The first-order valence-corrected chi connectivity index (χ1v) is 11.0. The van der Waals surface area contributed by atoms with Crippen molar-refractivity contribution in [1.29, 1.82) is 0 Å². The zero-order valence-corrected chi connectivity index (χ0v) is 19.9. The van der Waals surface area contributed by atoms with Crippen molar-refractivity contribution in [2.75, 3.05) is 28.4 Å². The number of rotatable bonds is 6. The van der Waals surface area contributed by atoms with Crippen molar-refractivity contribution in [2.24, 2.45) is 10.1 Å². The van der Waals surface area contributed by atoms with Crippen molar-refractivity contribution in [1.82, 2.24) is 9.66 Å². The average molecular weight is 501 g/mol. The van der Waals surface area contributed by atoms with Gasteiger partial charge in [0, 0.05) is 45.1 Å². The second kappa shape index (κ2) is 8.99. The Morgan fingerprint density at radius 1 is 1.06 bits per heavy atom. The second-order valence-corrected chi connectivity index (χ2v) is 8.28. The molecule has 7 nitrogen and oxygen atoms in total. The van der Waals surface area contributed by atoms with Gasteiger partial charge in [0.1, 0.15) is 0 Å². The van der Waals surface area contributed by atoms with E-state index in [-0.39, 0.29) is 0 Å². The van der Waals surface area contributed by atoms with E-state index in [2.05, 4.69) is 32.0 Å². The number of nitrogens with one attached hydrogen (secondary N) is 1. The maximum atomic E-state index is 5.51. The van der Waals surface area contributed by atoms with Crippen molar-refractivity contribution in [3.63, 3.8) is 0 Å². The van der Waals surface area contributed by atoms with Crippen LogP contribution in [0.25, 0.3) is 22.2 Å². The first kappa shape index (κ1) is 21.2. The van der Waals surface area contributed by atoms with Crippen LogP contribution in [0.5, 0.6) is 17.2 Å². The fourth-order valence-electron chi connectivity index (χ4n) is 3.33. The van der Waals surface area contributed by atoms with Gasteiger partial charge in [0.25, 0.3) is 0 Å². The predicted octanol–water partition coefficient (Wildman–Crippen LogP) is 4.90. The molecule has 0 aliphatic heterocycles. The average Bonchev–Trinajstić information content (AvgIpc) is 3.39. The number of hydrogen-bond acceptors (Lipinski definition) is 6. The highest BCUT2D eigenvalue weighted by molar-refractivity contribution is 9.10. The molecule has 0 atom stereocenters. The van der Waals surface area contributed by atoms with Crippen LogP contribution in [0.2, 0.25) is 0 Å². The number of fused-ring (bicyclic) bond motifs is 1. The molecular weight excluding hydrogens is 480 g/mol. The van der Waals surface area contributed by atoms with E-state index in [1.54, 1.807) is 28.4 Å². The second-order valence-electron chi connectivity index (χ2n) is 6.53. The Labute approximate surface area is 191 Å². The Bertz CT molecular complexity index is 1310. The van der Waals surface area contributed by atoms with E-state index in [1.807, 2.05) is 46.7 Å². The summed E-state index contributed by atoms with van der Waals surface area (Å²) in [6.07, 6.45) is 3.77. The Morgan fingerprint density at radius 3 is 2.45 bits per heavy atom. The van der Waals surface area contributed by atoms with Crippen LogP contribution in [0.3, 0.4) is 0 Å². The van der Waals surface area contributed by atoms with Crippen molar-refractivity contribution in [2.45, 2.75) is 0 Å². The molecule has 0 radical (unpaired) electrons. The quantitative estimate of drug-likeness (QED) is 0.382. The van der Waals surface area contributed by atoms with Crippen LogP contribution in [-0.4, -0.2) is 44.3 Å². The SMILES string of the molecule is CN=c1scc(-c2cc(OC)c(OC)c(OC)c2)n1N=Cc1c[nH]c2ccc(Br)cc12. The molecule has 160 valence electrons. The van der Waals surface area contributed by atoms with Gasteiger partial charge in [-0.3, -0.25) is 4.99 Å². The van der Waals surface area contributed by atoms with Crippen LogP contribution in [0.4, 0.5) is 0 Å². The lowest BCUT2D eigenvalue weighted by Gasteiger charge is -2.14. The molecule has 0 aliphatic rings. The van der Waals surface area contributed by atoms with Crippen LogP contribution in [0, 0.1) is 0 Å². The lowest BCUT2D eigenvalue weighted by atomic mass is 10.1. The van der Waals surface area contributed by atoms with Gasteiger partial charge in [-0.15, -0.1) is 11.3 Å². The lowest BCUT2D eigenvalue weighted by molar-refractivity contribution is 0.324. The third kappa shape index (κ3) is 3.98. The van der Waals surface area contributed by atoms with E-state index in [4.69, 9.17) is 19.3 Å². The third-order valence-electron chi connectivity index (χ3n) is 4.83. The minimum Gasteiger partial charge on any atom is -0.493 e. The van der Waals surface area contributed by atoms with Gasteiger partial charge >= 0.3 is 0 Å². The molecule has 2 aromatic carbocycles. The van der Waals surface area contributed by atoms with Crippen LogP contribution in [0.15, 0.2) is 56.5 Å². The molecular formula is C22H21BrN4O3S. The van der Waals surface area contributed by atoms with Crippen LogP contribution in [0.1, 0.15) is 5.56 Å². The molecule has 2 aromatic heterocycles. The van der Waals surface area contributed by atoms with E-state index >= 15 is 0 Å². The van der Waals surface area contributed by atoms with Crippen LogP contribution >= 0.6 is 27.3 Å². The van der Waals surface area contributed by atoms with Gasteiger partial charge in [-0.25, -0.2) is 4.68 Å². The highest BCUT2D eigenvalue weighted by atomic mass is 79.9. The summed E-state index contributed by atoms with van der Waals surface area (Å²) in [6.45, 7) is 0. The number of aromatic amines is 1. The highest BCUT2D eigenvalue weighted by Gasteiger charge is 2.17. The molecule has 0 saturated heterocycles. The molecule has 0 fully saturated rings. The topological polar surface area (TPSA) is 73.1 Å². The number of hydrogen-bond donors (Lipinski definition) is 1. The van der Waals surface area contributed by atoms with E-state index in [1.165, 1.54) is 11.3 Å². The van der Waals surface area contributed by atoms with Crippen molar-refractivity contribution in [3.8, 4) is 28.5 Å². The maximum Gasteiger partial charge on any atom is 0.205 e. The van der Waals surface area contributed by atoms with Crippen LogP contribution in [-0.2, 0) is 0 Å². The first-order valence-electron chi connectivity index (χ1n) is 9.34. The molecule has 4 aromatic rings. The van der Waals surface area contributed by atoms with Crippen LogP contribution < -0.4 is 19.0 Å². The van der Waals surface area contributed by atoms with E-state index < -0.39 is 0 Å². The Kier molecular flexibility index (Phi) is 6.15. The smallest absolute Gasteiger partial charge is 0.205 e. The largest absolute Gasteiger partial charge is 0.493 e. The van der Waals surface area contributed by atoms with Gasteiger partial charge in [-0.1, -0.05) is 15.9 Å². The predicted molar refractivity (Wildman–Crippen MR) is 128 cm³/mol. The molecule has 2 heterocycles. The summed E-state index contributed by atoms with van der Waals surface area (Å²) in [6, 6.07) is 9.90. The summed E-state index contributed by atoms with van der Waals surface area (Å²) in [7, 11) is 6.54. The molecule has 0 bridgehead atoms. The Hall–Kier alpha value is -3.04. The molecule has 0 spiro atoms. The van der Waals surface area contributed by atoms with Gasteiger partial charge in [0.05, 0.1) is 33.2 Å². The van der Waals surface area contributed by atoms with Gasteiger partial charge in [0.2, 0.25) is 10.6 Å². The number of thiazole rings is 1. The Morgan fingerprint density at radius 2 is 1.81 bits per heavy atom. The minimum absolute atomic E-state index is 0.545. The number of H-pyrrole nitrogens is 1. The highest BCUT2D eigenvalue weighted by Crippen LogP contribution is 2.41. The third-order valence-corrected chi connectivity index (χ3v) is 6.23. The van der Waals surface area contributed by atoms with Crippen molar-refractivity contribution in [3.05, 3.63) is 56.7 Å². The number of methoxy groups -OCH3 is 3. The molecule has 4 rings (SSSR count). The van der Waals surface area contributed by atoms with Gasteiger partial charge in [-0.05, 0) is 30.3 Å². The number of aromatic nitrogens is 2. The molecule has 0 aliphatic carbocycles. The molecule has 31 heavy (non-hydrogen) atoms. The van der Waals surface area contributed by atoms with Gasteiger partial charge < -0.3 is 19.2 Å². The summed E-state index contributed by atoms with van der Waals surface area (Å²) >= 11 is 5.04. The molecule has 0 unspecified atom stereocenters. The Balaban J connectivity index is 1.84. The number of nitrogens with zero attached hydrogens (tertiary/aromatic N) is 3. The van der Waals surface area contributed by atoms with E-state index in [0.29, 0.717) is 17.2 Å². The minimum atomic E-state index is 0.545. The summed E-state index contributed by atoms with van der Waals surface area (Å²) in [5.41, 5.74) is 3.76.